The number of alkyl halides is 1. The minimum Gasteiger partial charge on any atom is -0.481 e. The van der Waals surface area contributed by atoms with Gasteiger partial charge in [-0.15, -0.1) is 0 Å². The highest BCUT2D eigenvalue weighted by Gasteiger charge is 2.36. The van der Waals surface area contributed by atoms with E-state index in [9.17, 15) is 28.4 Å². The van der Waals surface area contributed by atoms with Gasteiger partial charge >= 0.3 is 12.0 Å². The highest BCUT2D eigenvalue weighted by molar-refractivity contribution is 6.03. The highest BCUT2D eigenvalue weighted by Crippen LogP contribution is 2.24. The van der Waals surface area contributed by atoms with Crippen LogP contribution in [-0.4, -0.2) is 63.6 Å². The van der Waals surface area contributed by atoms with Gasteiger partial charge in [-0.05, 0) is 43.5 Å². The first-order valence-electron chi connectivity index (χ1n) is 11.3. The predicted molar refractivity (Wildman–Crippen MR) is 126 cm³/mol. The van der Waals surface area contributed by atoms with E-state index in [4.69, 9.17) is 5.11 Å². The van der Waals surface area contributed by atoms with Crippen molar-refractivity contribution in [2.75, 3.05) is 13.2 Å². The number of piperidine rings is 1. The number of hydrogen-bond donors (Lipinski definition) is 2. The van der Waals surface area contributed by atoms with Crippen LogP contribution in [0.5, 0.6) is 0 Å². The summed E-state index contributed by atoms with van der Waals surface area (Å²) in [7, 11) is 0. The number of fused-ring (bicyclic) bond motifs is 2. The Morgan fingerprint density at radius 3 is 2.17 bits per heavy atom. The van der Waals surface area contributed by atoms with Crippen LogP contribution in [0.3, 0.4) is 0 Å². The Bertz CT molecular complexity index is 1320. The van der Waals surface area contributed by atoms with Gasteiger partial charge in [0.2, 0.25) is 5.91 Å². The number of hydrogen-bond acceptors (Lipinski definition) is 5. The summed E-state index contributed by atoms with van der Waals surface area (Å²) in [5, 5.41) is 12.1. The molecule has 1 aromatic heterocycles. The number of benzene rings is 2. The second-order valence-corrected chi connectivity index (χ2v) is 8.45. The molecular formula is C25H24FN3O6. The number of aliphatic carboxylic acids is 1. The van der Waals surface area contributed by atoms with Gasteiger partial charge in [0.15, 0.2) is 11.2 Å². The Labute approximate surface area is 199 Å². The summed E-state index contributed by atoms with van der Waals surface area (Å²) < 4.78 is 14.4. The van der Waals surface area contributed by atoms with Gasteiger partial charge < -0.3 is 15.3 Å². The Morgan fingerprint density at radius 1 is 1.00 bits per heavy atom. The summed E-state index contributed by atoms with van der Waals surface area (Å²) in [6.07, 6.45) is 0.795. The molecule has 1 saturated heterocycles. The number of aromatic nitrogens is 1. The first kappa shape index (κ1) is 24.1. The van der Waals surface area contributed by atoms with E-state index in [1.165, 1.54) is 9.47 Å². The molecule has 1 aliphatic heterocycles. The molecule has 10 heteroatoms. The molecular weight excluding hydrogens is 457 g/mol. The summed E-state index contributed by atoms with van der Waals surface area (Å²) in [6, 6.07) is 10.4. The molecule has 2 heterocycles. The lowest BCUT2D eigenvalue weighted by atomic mass is 10.0. The van der Waals surface area contributed by atoms with Gasteiger partial charge in [-0.2, -0.15) is 0 Å². The Kier molecular flexibility index (Phi) is 6.90. The Hall–Kier alpha value is -4.08. The molecule has 4 rings (SSSR count). The molecule has 2 atom stereocenters. The summed E-state index contributed by atoms with van der Waals surface area (Å²) in [5.74, 6) is -3.13. The minimum absolute atomic E-state index is 0.213. The number of halogens is 1. The summed E-state index contributed by atoms with van der Waals surface area (Å²) in [4.78, 5) is 64.3. The third-order valence-electron chi connectivity index (χ3n) is 6.24. The zero-order valence-electron chi connectivity index (χ0n) is 18.8. The molecule has 2 N–H and O–H groups in total. The summed E-state index contributed by atoms with van der Waals surface area (Å²) >= 11 is 0. The van der Waals surface area contributed by atoms with Crippen molar-refractivity contribution >= 4 is 45.5 Å². The van der Waals surface area contributed by atoms with Crippen molar-refractivity contribution in [3.05, 3.63) is 58.8 Å². The molecule has 35 heavy (non-hydrogen) atoms. The average Bonchev–Trinajstić information content (AvgIpc) is 2.87. The standard InChI is InChI=1S/C25H24FN3O6/c26-14-21(30)17(13-22(31)32)27-24(34)20-11-5-6-12-28(20)25(35)29-18-9-3-1-7-15(18)23(33)16-8-2-4-10-19(16)29/h1-4,7-10,17,20H,5-6,11-14H2,(H,27,34)(H,31,32). The number of nitrogens with zero attached hydrogens (tertiary/aromatic N) is 2. The molecule has 1 fully saturated rings. The third kappa shape index (κ3) is 4.64. The smallest absolute Gasteiger partial charge is 0.329 e. The molecule has 0 spiro atoms. The zero-order chi connectivity index (χ0) is 25.1. The molecule has 0 bridgehead atoms. The number of para-hydroxylation sites is 2. The van der Waals surface area contributed by atoms with Gasteiger partial charge in [-0.1, -0.05) is 24.3 Å². The van der Waals surface area contributed by atoms with E-state index in [1.54, 1.807) is 48.5 Å². The number of Topliss-reactive ketones (excluding diaryl/α,β-unsaturated/α-hetero) is 1. The van der Waals surface area contributed by atoms with Crippen LogP contribution in [0.2, 0.25) is 0 Å². The molecule has 1 aliphatic rings. The summed E-state index contributed by atoms with van der Waals surface area (Å²) in [6.45, 7) is -1.17. The van der Waals surface area contributed by atoms with Crippen molar-refractivity contribution in [3.63, 3.8) is 0 Å². The van der Waals surface area contributed by atoms with E-state index < -0.39 is 48.9 Å². The lowest BCUT2D eigenvalue weighted by Crippen LogP contribution is -2.56. The Balaban J connectivity index is 1.75. The third-order valence-corrected chi connectivity index (χ3v) is 6.24. The number of nitrogens with one attached hydrogen (secondary N) is 1. The molecule has 2 unspecified atom stereocenters. The van der Waals surface area contributed by atoms with Crippen molar-refractivity contribution < 1.29 is 28.7 Å². The van der Waals surface area contributed by atoms with E-state index in [0.29, 0.717) is 34.6 Å². The van der Waals surface area contributed by atoms with Crippen LogP contribution in [-0.2, 0) is 14.4 Å². The second kappa shape index (κ2) is 10.0. The van der Waals surface area contributed by atoms with E-state index in [-0.39, 0.29) is 18.4 Å². The van der Waals surface area contributed by atoms with E-state index in [2.05, 4.69) is 5.32 Å². The number of amides is 2. The fourth-order valence-corrected chi connectivity index (χ4v) is 4.54. The molecule has 9 nitrogen and oxygen atoms in total. The maximum atomic E-state index is 13.9. The van der Waals surface area contributed by atoms with Crippen molar-refractivity contribution in [1.82, 2.24) is 14.8 Å². The largest absolute Gasteiger partial charge is 0.481 e. The van der Waals surface area contributed by atoms with Gasteiger partial charge in [0.25, 0.3) is 0 Å². The topological polar surface area (TPSA) is 126 Å². The molecule has 0 saturated carbocycles. The molecule has 2 aromatic carbocycles. The quantitative estimate of drug-likeness (QED) is 0.521. The van der Waals surface area contributed by atoms with Crippen LogP contribution in [0, 0.1) is 0 Å². The number of carboxylic acid groups (broad SMARTS) is 1. The molecule has 182 valence electrons. The van der Waals surface area contributed by atoms with Crippen LogP contribution in [0.4, 0.5) is 9.18 Å². The summed E-state index contributed by atoms with van der Waals surface area (Å²) in [5.41, 5.74) is 0.569. The van der Waals surface area contributed by atoms with Gasteiger partial charge in [0, 0.05) is 17.3 Å². The lowest BCUT2D eigenvalue weighted by Gasteiger charge is -2.36. The van der Waals surface area contributed by atoms with E-state index >= 15 is 0 Å². The van der Waals surface area contributed by atoms with E-state index in [0.717, 1.165) is 0 Å². The molecule has 0 aliphatic carbocycles. The number of ketones is 1. The minimum atomic E-state index is -1.53. The Morgan fingerprint density at radius 2 is 1.60 bits per heavy atom. The maximum Gasteiger partial charge on any atom is 0.329 e. The second-order valence-electron chi connectivity index (χ2n) is 8.45. The number of likely N-dealkylation sites (tertiary alicyclic amines) is 1. The van der Waals surface area contributed by atoms with Gasteiger partial charge in [-0.3, -0.25) is 23.7 Å². The first-order valence-corrected chi connectivity index (χ1v) is 11.3. The van der Waals surface area contributed by atoms with Crippen LogP contribution in [0.1, 0.15) is 25.7 Å². The van der Waals surface area contributed by atoms with Crippen LogP contribution in [0.15, 0.2) is 53.3 Å². The number of carbonyl (C=O) groups is 4. The van der Waals surface area contributed by atoms with Gasteiger partial charge in [0.05, 0.1) is 17.5 Å². The molecule has 0 radical (unpaired) electrons. The number of pyridine rings is 1. The molecule has 3 aromatic rings. The SMILES string of the molecule is O=C(O)CC(NC(=O)C1CCCCN1C(=O)n1c2ccccc2c(=O)c2ccccc21)C(=O)CF. The first-order chi connectivity index (χ1) is 16.8. The van der Waals surface area contributed by atoms with Gasteiger partial charge in [0.1, 0.15) is 18.8 Å². The van der Waals surface area contributed by atoms with Crippen LogP contribution < -0.4 is 10.7 Å². The lowest BCUT2D eigenvalue weighted by molar-refractivity contribution is -0.140. The zero-order valence-corrected chi connectivity index (χ0v) is 18.8. The monoisotopic (exact) mass is 481 g/mol. The van der Waals surface area contributed by atoms with Crippen molar-refractivity contribution in [3.8, 4) is 0 Å². The normalized spacial score (nSPS) is 16.7. The fraction of sp³-hybridized carbons (Fsp3) is 0.320. The predicted octanol–water partition coefficient (Wildman–Crippen LogP) is 2.48. The average molecular weight is 481 g/mol. The maximum absolute atomic E-state index is 13.9. The van der Waals surface area contributed by atoms with Crippen LogP contribution in [0.25, 0.3) is 21.8 Å². The van der Waals surface area contributed by atoms with Crippen molar-refractivity contribution in [2.24, 2.45) is 0 Å². The van der Waals surface area contributed by atoms with Crippen LogP contribution >= 0.6 is 0 Å². The van der Waals surface area contributed by atoms with Crippen molar-refractivity contribution in [1.29, 1.82) is 0 Å². The van der Waals surface area contributed by atoms with Gasteiger partial charge in [-0.25, -0.2) is 9.18 Å². The number of rotatable bonds is 6. The fourth-order valence-electron chi connectivity index (χ4n) is 4.54. The van der Waals surface area contributed by atoms with Crippen molar-refractivity contribution in [2.45, 2.75) is 37.8 Å². The number of carbonyl (C=O) groups excluding carboxylic acids is 3. The molecule has 2 amide bonds. The number of carboxylic acids is 1. The van der Waals surface area contributed by atoms with E-state index in [1.807, 2.05) is 0 Å². The highest BCUT2D eigenvalue weighted by atomic mass is 19.1.